The van der Waals surface area contributed by atoms with E-state index in [4.69, 9.17) is 9.15 Å². The molecular formula is C19H25N3O4S. The Bertz CT molecular complexity index is 850. The number of thioether (sulfide) groups is 1. The fraction of sp³-hybridized carbons (Fsp3) is 0.579. The van der Waals surface area contributed by atoms with Gasteiger partial charge in [0, 0.05) is 49.9 Å². The van der Waals surface area contributed by atoms with E-state index >= 15 is 0 Å². The van der Waals surface area contributed by atoms with Gasteiger partial charge in [0.25, 0.3) is 0 Å². The summed E-state index contributed by atoms with van der Waals surface area (Å²) in [4.78, 5) is 27.2. The van der Waals surface area contributed by atoms with Gasteiger partial charge in [-0.25, -0.2) is 4.79 Å². The van der Waals surface area contributed by atoms with Gasteiger partial charge in [-0.15, -0.1) is 0 Å². The monoisotopic (exact) mass is 391 g/mol. The van der Waals surface area contributed by atoms with Crippen LogP contribution in [0.2, 0.25) is 0 Å². The molecule has 7 nitrogen and oxygen atoms in total. The summed E-state index contributed by atoms with van der Waals surface area (Å²) in [5.74, 6) is 1.60. The molecule has 0 radical (unpaired) electrons. The summed E-state index contributed by atoms with van der Waals surface area (Å²) in [5.41, 5.74) is 1.10. The number of hydrogen-bond donors (Lipinski definition) is 1. The Morgan fingerprint density at radius 3 is 2.70 bits per heavy atom. The molecular weight excluding hydrogens is 366 g/mol. The number of fused-ring (bicyclic) bond motifs is 1. The van der Waals surface area contributed by atoms with E-state index in [-0.39, 0.29) is 18.0 Å². The molecule has 0 bridgehead atoms. The van der Waals surface area contributed by atoms with Crippen molar-refractivity contribution in [1.82, 2.24) is 14.8 Å². The van der Waals surface area contributed by atoms with Gasteiger partial charge in [-0.1, -0.05) is 12.1 Å². The van der Waals surface area contributed by atoms with E-state index in [1.54, 1.807) is 12.1 Å². The topological polar surface area (TPSA) is 76.7 Å². The van der Waals surface area contributed by atoms with E-state index in [2.05, 4.69) is 10.2 Å². The van der Waals surface area contributed by atoms with Crippen LogP contribution in [0.15, 0.2) is 33.5 Å². The van der Waals surface area contributed by atoms with Crippen LogP contribution in [0.4, 0.5) is 0 Å². The number of rotatable bonds is 5. The highest BCUT2D eigenvalue weighted by Crippen LogP contribution is 2.30. The van der Waals surface area contributed by atoms with Crippen LogP contribution in [0, 0.1) is 0 Å². The predicted octanol–water partition coefficient (Wildman–Crippen LogP) is 1.31. The van der Waals surface area contributed by atoms with Gasteiger partial charge in [-0.05, 0) is 25.0 Å². The van der Waals surface area contributed by atoms with Crippen LogP contribution in [0.5, 0.6) is 0 Å². The lowest BCUT2D eigenvalue weighted by Crippen LogP contribution is -2.60. The number of oxazole rings is 1. The van der Waals surface area contributed by atoms with Gasteiger partial charge in [0.1, 0.15) is 6.54 Å². The Hall–Kier alpha value is -1.77. The van der Waals surface area contributed by atoms with Crippen molar-refractivity contribution in [3.05, 3.63) is 34.8 Å². The van der Waals surface area contributed by atoms with Crippen molar-refractivity contribution in [2.24, 2.45) is 0 Å². The van der Waals surface area contributed by atoms with Crippen LogP contribution in [-0.2, 0) is 16.1 Å². The molecule has 0 saturated carbocycles. The Morgan fingerprint density at radius 1 is 1.19 bits per heavy atom. The molecule has 0 aliphatic carbocycles. The summed E-state index contributed by atoms with van der Waals surface area (Å²) >= 11 is 1.98. The summed E-state index contributed by atoms with van der Waals surface area (Å²) in [5, 5.41) is 3.08. The molecule has 0 atom stereocenters. The minimum absolute atomic E-state index is 0.0295. The fourth-order valence-corrected chi connectivity index (χ4v) is 4.92. The molecule has 2 aliphatic heterocycles. The highest BCUT2D eigenvalue weighted by atomic mass is 32.2. The first kappa shape index (κ1) is 18.6. The summed E-state index contributed by atoms with van der Waals surface area (Å²) in [6, 6.07) is 7.16. The molecule has 146 valence electrons. The molecule has 2 fully saturated rings. The number of benzene rings is 1. The first-order valence-electron chi connectivity index (χ1n) is 9.44. The van der Waals surface area contributed by atoms with Gasteiger partial charge >= 0.3 is 5.76 Å². The van der Waals surface area contributed by atoms with Crippen molar-refractivity contribution in [2.75, 3.05) is 44.4 Å². The van der Waals surface area contributed by atoms with Crippen LogP contribution in [0.1, 0.15) is 12.8 Å². The minimum atomic E-state index is -0.500. The number of aromatic nitrogens is 1. The molecule has 1 aromatic carbocycles. The minimum Gasteiger partial charge on any atom is -0.408 e. The molecule has 4 rings (SSSR count). The largest absolute Gasteiger partial charge is 0.420 e. The molecule has 0 unspecified atom stereocenters. The van der Waals surface area contributed by atoms with Crippen molar-refractivity contribution in [2.45, 2.75) is 24.9 Å². The number of nitrogens with zero attached hydrogens (tertiary/aromatic N) is 2. The Balaban J connectivity index is 1.45. The fourth-order valence-electron chi connectivity index (χ4n) is 4.02. The maximum Gasteiger partial charge on any atom is 0.420 e. The van der Waals surface area contributed by atoms with Crippen molar-refractivity contribution >= 4 is 28.8 Å². The van der Waals surface area contributed by atoms with Crippen molar-refractivity contribution in [3.8, 4) is 0 Å². The van der Waals surface area contributed by atoms with Gasteiger partial charge < -0.3 is 14.5 Å². The molecule has 1 amide bonds. The lowest BCUT2D eigenvalue weighted by Gasteiger charge is -2.48. The molecule has 2 aliphatic rings. The Labute approximate surface area is 162 Å². The lowest BCUT2D eigenvalue weighted by molar-refractivity contribution is -0.123. The van der Waals surface area contributed by atoms with Crippen LogP contribution < -0.4 is 11.1 Å². The molecule has 2 aromatic rings. The molecule has 27 heavy (non-hydrogen) atoms. The first-order valence-corrected chi connectivity index (χ1v) is 10.6. The van der Waals surface area contributed by atoms with Gasteiger partial charge in [0.15, 0.2) is 5.58 Å². The van der Waals surface area contributed by atoms with Crippen LogP contribution in [-0.4, -0.2) is 65.3 Å². The molecule has 8 heteroatoms. The summed E-state index contributed by atoms with van der Waals surface area (Å²) in [6.45, 7) is 4.11. The average molecular weight is 391 g/mol. The molecule has 0 spiro atoms. The second-order valence-corrected chi connectivity index (χ2v) is 8.36. The Morgan fingerprint density at radius 2 is 1.93 bits per heavy atom. The normalized spacial score (nSPS) is 20.6. The third-order valence-corrected chi connectivity index (χ3v) is 6.54. The zero-order chi connectivity index (χ0) is 18.7. The predicted molar refractivity (Wildman–Crippen MR) is 105 cm³/mol. The number of hydrogen-bond acceptors (Lipinski definition) is 6. The molecule has 3 heterocycles. The van der Waals surface area contributed by atoms with E-state index in [9.17, 15) is 9.59 Å². The first-order chi connectivity index (χ1) is 13.2. The summed E-state index contributed by atoms with van der Waals surface area (Å²) < 4.78 is 12.2. The van der Waals surface area contributed by atoms with Crippen LogP contribution in [0.3, 0.4) is 0 Å². The number of carbonyl (C=O) groups is 1. The zero-order valence-electron chi connectivity index (χ0n) is 15.3. The summed E-state index contributed by atoms with van der Waals surface area (Å²) in [6.07, 6.45) is 1.85. The van der Waals surface area contributed by atoms with Crippen LogP contribution >= 0.6 is 11.8 Å². The summed E-state index contributed by atoms with van der Waals surface area (Å²) in [7, 11) is 0. The number of nitrogens with one attached hydrogen (secondary N) is 1. The molecule has 1 aromatic heterocycles. The SMILES string of the molecule is O=C(Cn1c(=O)oc2ccccc21)NCC1(N2CCSCC2)CCOCC1. The second-order valence-electron chi connectivity index (χ2n) is 7.13. The number of ether oxygens (including phenoxy) is 1. The van der Waals surface area contributed by atoms with Gasteiger partial charge in [0.05, 0.1) is 5.52 Å². The van der Waals surface area contributed by atoms with E-state index in [0.717, 1.165) is 50.7 Å². The van der Waals surface area contributed by atoms with Crippen LogP contribution in [0.25, 0.3) is 11.1 Å². The highest BCUT2D eigenvalue weighted by molar-refractivity contribution is 7.99. The second kappa shape index (κ2) is 8.08. The average Bonchev–Trinajstić information content (AvgIpc) is 3.03. The van der Waals surface area contributed by atoms with E-state index in [1.807, 2.05) is 23.9 Å². The zero-order valence-corrected chi connectivity index (χ0v) is 16.1. The maximum absolute atomic E-state index is 12.6. The quantitative estimate of drug-likeness (QED) is 0.828. The molecule has 2 saturated heterocycles. The number of carbonyl (C=O) groups excluding carboxylic acids is 1. The van der Waals surface area contributed by atoms with E-state index in [0.29, 0.717) is 17.6 Å². The van der Waals surface area contributed by atoms with Gasteiger partial charge in [-0.2, -0.15) is 11.8 Å². The third-order valence-electron chi connectivity index (χ3n) is 5.60. The third kappa shape index (κ3) is 3.93. The lowest BCUT2D eigenvalue weighted by atomic mass is 9.87. The van der Waals surface area contributed by atoms with E-state index < -0.39 is 5.76 Å². The van der Waals surface area contributed by atoms with E-state index in [1.165, 1.54) is 4.57 Å². The van der Waals surface area contributed by atoms with Gasteiger partial charge in [0.2, 0.25) is 5.91 Å². The number of amides is 1. The van der Waals surface area contributed by atoms with Crippen molar-refractivity contribution in [1.29, 1.82) is 0 Å². The van der Waals surface area contributed by atoms with Gasteiger partial charge in [-0.3, -0.25) is 14.3 Å². The molecule has 1 N–H and O–H groups in total. The van der Waals surface area contributed by atoms with Crippen molar-refractivity contribution < 1.29 is 13.9 Å². The Kier molecular flexibility index (Phi) is 5.56. The standard InChI is InChI=1S/C19H25N3O4S/c23-17(13-22-15-3-1-2-4-16(15)26-18(22)24)20-14-19(5-9-25-10-6-19)21-7-11-27-12-8-21/h1-4H,5-14H2,(H,20,23). The van der Waals surface area contributed by atoms with Crippen molar-refractivity contribution in [3.63, 3.8) is 0 Å². The number of para-hydroxylation sites is 2. The highest BCUT2D eigenvalue weighted by Gasteiger charge is 2.39. The maximum atomic E-state index is 12.6. The smallest absolute Gasteiger partial charge is 0.408 e.